The molecule has 0 radical (unpaired) electrons. The Morgan fingerprint density at radius 1 is 1.33 bits per heavy atom. The van der Waals surface area contributed by atoms with Crippen LogP contribution in [0.3, 0.4) is 0 Å². The topological polar surface area (TPSA) is 30.5 Å². The van der Waals surface area contributed by atoms with Crippen molar-refractivity contribution < 1.29 is 9.47 Å². The maximum Gasteiger partial charge on any atom is 0.120 e. The molecular weight excluding hydrogens is 262 g/mol. The minimum absolute atomic E-state index is 0.199. The Morgan fingerprint density at radius 3 is 2.76 bits per heavy atom. The number of rotatable bonds is 7. The molecule has 3 heteroatoms. The normalized spacial score (nSPS) is 23.5. The third-order valence-electron chi connectivity index (χ3n) is 3.84. The van der Waals surface area contributed by atoms with Crippen LogP contribution in [-0.2, 0) is 4.74 Å². The number of ether oxygens (including phenoxy) is 2. The molecule has 1 heterocycles. The molecule has 1 aromatic carbocycles. The maximum atomic E-state index is 6.09. The molecule has 1 aliphatic heterocycles. The molecule has 1 fully saturated rings. The number of nitrogens with one attached hydrogen (secondary N) is 1. The highest BCUT2D eigenvalue weighted by molar-refractivity contribution is 5.31. The Labute approximate surface area is 129 Å². The molecular formula is C18H29NO2. The fourth-order valence-corrected chi connectivity index (χ4v) is 2.90. The van der Waals surface area contributed by atoms with Crippen LogP contribution in [0.25, 0.3) is 0 Å². The monoisotopic (exact) mass is 291 g/mol. The summed E-state index contributed by atoms with van der Waals surface area (Å²) in [5.74, 6) is 0.942. The average Bonchev–Trinajstić information content (AvgIpc) is 2.85. The summed E-state index contributed by atoms with van der Waals surface area (Å²) in [4.78, 5) is 0. The standard InChI is InChI=1S/C18H29NO2/c1-5-11-19-18(17-10-9-14(4)21-17)15-7-6-8-16(12-15)20-13(2)3/h6-8,12-14,17-19H,5,9-11H2,1-4H3. The van der Waals surface area contributed by atoms with Gasteiger partial charge in [-0.3, -0.25) is 0 Å². The summed E-state index contributed by atoms with van der Waals surface area (Å²) in [6.45, 7) is 9.48. The van der Waals surface area contributed by atoms with Gasteiger partial charge >= 0.3 is 0 Å². The van der Waals surface area contributed by atoms with Crippen LogP contribution in [0.2, 0.25) is 0 Å². The summed E-state index contributed by atoms with van der Waals surface area (Å²) >= 11 is 0. The van der Waals surface area contributed by atoms with E-state index in [1.54, 1.807) is 0 Å². The van der Waals surface area contributed by atoms with Crippen LogP contribution in [0.15, 0.2) is 24.3 Å². The molecule has 0 aliphatic carbocycles. The largest absolute Gasteiger partial charge is 0.491 e. The Kier molecular flexibility index (Phi) is 6.07. The van der Waals surface area contributed by atoms with Crippen LogP contribution in [0.4, 0.5) is 0 Å². The van der Waals surface area contributed by atoms with Gasteiger partial charge in [0.15, 0.2) is 0 Å². The molecule has 2 rings (SSSR count). The van der Waals surface area contributed by atoms with E-state index in [4.69, 9.17) is 9.47 Å². The molecule has 21 heavy (non-hydrogen) atoms. The lowest BCUT2D eigenvalue weighted by Gasteiger charge is -2.26. The minimum atomic E-state index is 0.199. The van der Waals surface area contributed by atoms with Gasteiger partial charge in [-0.2, -0.15) is 0 Å². The fourth-order valence-electron chi connectivity index (χ4n) is 2.90. The van der Waals surface area contributed by atoms with Crippen molar-refractivity contribution in [2.24, 2.45) is 0 Å². The minimum Gasteiger partial charge on any atom is -0.491 e. The van der Waals surface area contributed by atoms with Gasteiger partial charge in [0.05, 0.1) is 24.4 Å². The van der Waals surface area contributed by atoms with E-state index < -0.39 is 0 Å². The van der Waals surface area contributed by atoms with Crippen molar-refractivity contribution in [2.45, 2.75) is 71.3 Å². The third kappa shape index (κ3) is 4.72. The number of hydrogen-bond donors (Lipinski definition) is 1. The molecule has 1 aromatic rings. The van der Waals surface area contributed by atoms with Gasteiger partial charge < -0.3 is 14.8 Å². The zero-order valence-electron chi connectivity index (χ0n) is 13.8. The molecule has 0 spiro atoms. The summed E-state index contributed by atoms with van der Waals surface area (Å²) in [5, 5.41) is 3.65. The molecule has 1 aliphatic rings. The fraction of sp³-hybridized carbons (Fsp3) is 0.667. The van der Waals surface area contributed by atoms with Crippen molar-refractivity contribution in [3.05, 3.63) is 29.8 Å². The van der Waals surface area contributed by atoms with E-state index in [1.165, 1.54) is 5.56 Å². The lowest BCUT2D eigenvalue weighted by Crippen LogP contribution is -2.32. The predicted molar refractivity (Wildman–Crippen MR) is 86.8 cm³/mol. The summed E-state index contributed by atoms with van der Waals surface area (Å²) in [7, 11) is 0. The van der Waals surface area contributed by atoms with Crippen molar-refractivity contribution in [3.8, 4) is 5.75 Å². The summed E-state index contributed by atoms with van der Waals surface area (Å²) in [5.41, 5.74) is 1.26. The molecule has 0 aromatic heterocycles. The first kappa shape index (κ1) is 16.3. The average molecular weight is 291 g/mol. The Balaban J connectivity index is 2.15. The van der Waals surface area contributed by atoms with E-state index in [0.717, 1.165) is 31.6 Å². The Bertz CT molecular complexity index is 433. The van der Waals surface area contributed by atoms with E-state index in [2.05, 4.69) is 51.2 Å². The van der Waals surface area contributed by atoms with Gasteiger partial charge in [-0.25, -0.2) is 0 Å². The predicted octanol–water partition coefficient (Wildman–Crippen LogP) is 4.08. The van der Waals surface area contributed by atoms with Gasteiger partial charge in [0, 0.05) is 0 Å². The van der Waals surface area contributed by atoms with Crippen molar-refractivity contribution in [3.63, 3.8) is 0 Å². The van der Waals surface area contributed by atoms with Gasteiger partial charge in [-0.05, 0) is 64.3 Å². The lowest BCUT2D eigenvalue weighted by atomic mass is 9.98. The SMILES string of the molecule is CCCNC(c1cccc(OC(C)C)c1)C1CCC(C)O1. The number of benzene rings is 1. The highest BCUT2D eigenvalue weighted by Gasteiger charge is 2.30. The third-order valence-corrected chi connectivity index (χ3v) is 3.84. The smallest absolute Gasteiger partial charge is 0.120 e. The van der Waals surface area contributed by atoms with E-state index in [9.17, 15) is 0 Å². The zero-order chi connectivity index (χ0) is 15.2. The van der Waals surface area contributed by atoms with E-state index >= 15 is 0 Å². The first-order chi connectivity index (χ1) is 10.1. The molecule has 118 valence electrons. The van der Waals surface area contributed by atoms with Gasteiger partial charge in [0.25, 0.3) is 0 Å². The quantitative estimate of drug-likeness (QED) is 0.821. The molecule has 0 amide bonds. The van der Waals surface area contributed by atoms with Gasteiger partial charge in [-0.15, -0.1) is 0 Å². The van der Waals surface area contributed by atoms with Crippen LogP contribution in [0.5, 0.6) is 5.75 Å². The van der Waals surface area contributed by atoms with Crippen LogP contribution >= 0.6 is 0 Å². The first-order valence-corrected chi connectivity index (χ1v) is 8.25. The van der Waals surface area contributed by atoms with Crippen LogP contribution in [0, 0.1) is 0 Å². The van der Waals surface area contributed by atoms with Crippen molar-refractivity contribution in [1.82, 2.24) is 5.32 Å². The molecule has 3 atom stereocenters. The molecule has 1 N–H and O–H groups in total. The second-order valence-electron chi connectivity index (χ2n) is 6.23. The Hall–Kier alpha value is -1.06. The van der Waals surface area contributed by atoms with Crippen molar-refractivity contribution in [2.75, 3.05) is 6.54 Å². The van der Waals surface area contributed by atoms with Crippen molar-refractivity contribution in [1.29, 1.82) is 0 Å². The molecule has 3 unspecified atom stereocenters. The van der Waals surface area contributed by atoms with Crippen LogP contribution < -0.4 is 10.1 Å². The Morgan fingerprint density at radius 2 is 2.14 bits per heavy atom. The molecule has 0 bridgehead atoms. The summed E-state index contributed by atoms with van der Waals surface area (Å²) in [6, 6.07) is 8.68. The van der Waals surface area contributed by atoms with Crippen LogP contribution in [-0.4, -0.2) is 24.9 Å². The second-order valence-corrected chi connectivity index (χ2v) is 6.23. The van der Waals surface area contributed by atoms with E-state index in [-0.39, 0.29) is 18.2 Å². The van der Waals surface area contributed by atoms with Crippen LogP contribution in [0.1, 0.15) is 58.6 Å². The maximum absolute atomic E-state index is 6.09. The first-order valence-electron chi connectivity index (χ1n) is 8.25. The number of hydrogen-bond acceptors (Lipinski definition) is 3. The molecule has 3 nitrogen and oxygen atoms in total. The van der Waals surface area contributed by atoms with E-state index in [0.29, 0.717) is 6.10 Å². The highest BCUT2D eigenvalue weighted by Crippen LogP contribution is 2.31. The van der Waals surface area contributed by atoms with E-state index in [1.807, 2.05) is 6.07 Å². The van der Waals surface area contributed by atoms with Gasteiger partial charge in [0.1, 0.15) is 5.75 Å². The van der Waals surface area contributed by atoms with Gasteiger partial charge in [-0.1, -0.05) is 19.1 Å². The zero-order valence-corrected chi connectivity index (χ0v) is 13.8. The molecule has 0 saturated carbocycles. The summed E-state index contributed by atoms with van der Waals surface area (Å²) in [6.07, 6.45) is 4.23. The molecule has 1 saturated heterocycles. The highest BCUT2D eigenvalue weighted by atomic mass is 16.5. The van der Waals surface area contributed by atoms with Gasteiger partial charge in [0.2, 0.25) is 0 Å². The van der Waals surface area contributed by atoms with Crippen molar-refractivity contribution >= 4 is 0 Å². The lowest BCUT2D eigenvalue weighted by molar-refractivity contribution is 0.0316. The second kappa shape index (κ2) is 7.81. The summed E-state index contributed by atoms with van der Waals surface area (Å²) < 4.78 is 11.9.